The number of carboxylic acids is 1. The zero-order chi connectivity index (χ0) is 14.3. The van der Waals surface area contributed by atoms with Crippen LogP contribution < -0.4 is 0 Å². The number of carboxylic acid groups (broad SMARTS) is 1. The second-order valence-electron chi connectivity index (χ2n) is 5.25. The average molecular weight is 290 g/mol. The lowest BCUT2D eigenvalue weighted by Gasteiger charge is -2.44. The van der Waals surface area contributed by atoms with Crippen LogP contribution in [0.5, 0.6) is 0 Å². The number of likely N-dealkylation sites (tertiary alicyclic amines) is 1. The lowest BCUT2D eigenvalue weighted by molar-refractivity contribution is -0.155. The first-order valence-corrected chi connectivity index (χ1v) is 7.13. The topological polar surface area (TPSA) is 62.5 Å². The minimum absolute atomic E-state index is 0.0950. The molecule has 1 N–H and O–H groups in total. The Labute approximate surface area is 120 Å². The fourth-order valence-electron chi connectivity index (χ4n) is 2.38. The third kappa shape index (κ3) is 1.92. The molecule has 1 aliphatic rings. The van der Waals surface area contributed by atoms with Crippen LogP contribution in [-0.2, 0) is 4.79 Å². The van der Waals surface area contributed by atoms with Crippen molar-refractivity contribution in [3.63, 3.8) is 0 Å². The van der Waals surface area contributed by atoms with Gasteiger partial charge in [0.25, 0.3) is 5.91 Å². The zero-order valence-corrected chi connectivity index (χ0v) is 11.8. The summed E-state index contributed by atoms with van der Waals surface area (Å²) in [7, 11) is 0. The van der Waals surface area contributed by atoms with Crippen LogP contribution in [0.15, 0.2) is 36.0 Å². The van der Waals surface area contributed by atoms with Crippen molar-refractivity contribution in [1.82, 2.24) is 9.47 Å². The van der Waals surface area contributed by atoms with Gasteiger partial charge in [-0.2, -0.15) is 0 Å². The predicted octanol–water partition coefficient (Wildman–Crippen LogP) is 2.09. The van der Waals surface area contributed by atoms with E-state index < -0.39 is 11.4 Å². The summed E-state index contributed by atoms with van der Waals surface area (Å²) >= 11 is 1.38. The first-order valence-electron chi connectivity index (χ1n) is 6.25. The average Bonchev–Trinajstić information content (AvgIpc) is 3.02. The van der Waals surface area contributed by atoms with Gasteiger partial charge in [0.2, 0.25) is 0 Å². The van der Waals surface area contributed by atoms with Crippen LogP contribution in [-0.4, -0.2) is 39.5 Å². The number of rotatable bonds is 3. The summed E-state index contributed by atoms with van der Waals surface area (Å²) in [4.78, 5) is 25.8. The second kappa shape index (κ2) is 4.49. The minimum atomic E-state index is -0.849. The first-order chi connectivity index (χ1) is 9.51. The summed E-state index contributed by atoms with van der Waals surface area (Å²) in [6.45, 7) is 2.20. The Morgan fingerprint density at radius 3 is 2.55 bits per heavy atom. The van der Waals surface area contributed by atoms with Crippen molar-refractivity contribution in [2.45, 2.75) is 6.92 Å². The molecule has 1 fully saturated rings. The van der Waals surface area contributed by atoms with Crippen molar-refractivity contribution in [3.8, 4) is 5.69 Å². The maximum absolute atomic E-state index is 12.4. The monoisotopic (exact) mass is 290 g/mol. The van der Waals surface area contributed by atoms with Gasteiger partial charge in [-0.15, -0.1) is 11.3 Å². The van der Waals surface area contributed by atoms with E-state index in [0.717, 1.165) is 5.69 Å². The lowest BCUT2D eigenvalue weighted by atomic mass is 9.82. The molecule has 2 aromatic heterocycles. The smallest absolute Gasteiger partial charge is 0.312 e. The molecule has 104 valence electrons. The maximum Gasteiger partial charge on any atom is 0.312 e. The van der Waals surface area contributed by atoms with E-state index in [1.165, 1.54) is 11.3 Å². The predicted molar refractivity (Wildman–Crippen MR) is 75.3 cm³/mol. The van der Waals surface area contributed by atoms with Crippen molar-refractivity contribution in [1.29, 1.82) is 0 Å². The van der Waals surface area contributed by atoms with Gasteiger partial charge in [0.1, 0.15) is 10.3 Å². The van der Waals surface area contributed by atoms with Gasteiger partial charge in [-0.1, -0.05) is 0 Å². The Morgan fingerprint density at radius 1 is 1.30 bits per heavy atom. The number of carbonyl (C=O) groups excluding carboxylic acids is 1. The van der Waals surface area contributed by atoms with Crippen LogP contribution in [0.2, 0.25) is 0 Å². The maximum atomic E-state index is 12.4. The van der Waals surface area contributed by atoms with Gasteiger partial charge in [-0.05, 0) is 30.5 Å². The molecule has 0 aliphatic carbocycles. The number of nitrogens with zero attached hydrogens (tertiary/aromatic N) is 2. The van der Waals surface area contributed by atoms with Crippen molar-refractivity contribution in [2.75, 3.05) is 13.1 Å². The summed E-state index contributed by atoms with van der Waals surface area (Å²) in [6.07, 6.45) is 3.77. The zero-order valence-electron chi connectivity index (χ0n) is 10.9. The molecule has 1 aliphatic heterocycles. The van der Waals surface area contributed by atoms with Crippen molar-refractivity contribution in [3.05, 3.63) is 40.8 Å². The number of thiophene rings is 1. The number of hydrogen-bond donors (Lipinski definition) is 1. The Morgan fingerprint density at radius 2 is 1.95 bits per heavy atom. The molecule has 3 heterocycles. The Kier molecular flexibility index (Phi) is 2.90. The minimum Gasteiger partial charge on any atom is -0.481 e. The van der Waals surface area contributed by atoms with Crippen LogP contribution in [0.1, 0.15) is 16.6 Å². The highest BCUT2D eigenvalue weighted by Gasteiger charge is 2.48. The largest absolute Gasteiger partial charge is 0.481 e. The Bertz CT molecular complexity index is 654. The fourth-order valence-corrected chi connectivity index (χ4v) is 3.24. The molecule has 0 aromatic carbocycles. The summed E-state index contributed by atoms with van der Waals surface area (Å²) in [5, 5.41) is 11.0. The third-order valence-electron chi connectivity index (χ3n) is 3.60. The number of aromatic nitrogens is 1. The van der Waals surface area contributed by atoms with Gasteiger partial charge >= 0.3 is 5.97 Å². The molecule has 5 nitrogen and oxygen atoms in total. The normalized spacial score (nSPS) is 16.8. The molecule has 1 saturated heterocycles. The van der Waals surface area contributed by atoms with E-state index in [1.807, 2.05) is 40.5 Å². The van der Waals surface area contributed by atoms with Crippen LogP contribution in [0.3, 0.4) is 0 Å². The molecule has 0 radical (unpaired) electrons. The van der Waals surface area contributed by atoms with Gasteiger partial charge in [-0.3, -0.25) is 9.59 Å². The van der Waals surface area contributed by atoms with Gasteiger partial charge in [0.15, 0.2) is 0 Å². The van der Waals surface area contributed by atoms with Crippen LogP contribution in [0.4, 0.5) is 0 Å². The molecule has 3 rings (SSSR count). The fraction of sp³-hybridized carbons (Fsp3) is 0.286. The van der Waals surface area contributed by atoms with Crippen molar-refractivity contribution < 1.29 is 14.7 Å². The van der Waals surface area contributed by atoms with Crippen LogP contribution in [0.25, 0.3) is 5.69 Å². The summed E-state index contributed by atoms with van der Waals surface area (Å²) in [5.41, 5.74) is 0.0366. The SMILES string of the molecule is CC1(C(=O)O)CN(C(=O)c2sccc2-n2cccc2)C1. The van der Waals surface area contributed by atoms with Gasteiger partial charge in [-0.25, -0.2) is 0 Å². The standard InChI is InChI=1S/C14H14N2O3S/c1-14(13(18)19)8-16(9-14)12(17)11-10(4-7-20-11)15-5-2-3-6-15/h2-7H,8-9H2,1H3,(H,18,19). The number of hydrogen-bond acceptors (Lipinski definition) is 3. The molecule has 0 spiro atoms. The molecular formula is C14H14N2O3S. The van der Waals surface area contributed by atoms with E-state index in [1.54, 1.807) is 11.8 Å². The summed E-state index contributed by atoms with van der Waals surface area (Å²) in [5.74, 6) is -0.944. The van der Waals surface area contributed by atoms with E-state index in [-0.39, 0.29) is 19.0 Å². The Hall–Kier alpha value is -2.08. The van der Waals surface area contributed by atoms with Crippen LogP contribution in [0, 0.1) is 5.41 Å². The molecule has 6 heteroatoms. The highest BCUT2D eigenvalue weighted by molar-refractivity contribution is 7.12. The second-order valence-corrected chi connectivity index (χ2v) is 6.17. The first kappa shape index (κ1) is 12.9. The molecule has 2 aromatic rings. The van der Waals surface area contributed by atoms with E-state index in [4.69, 9.17) is 5.11 Å². The molecular weight excluding hydrogens is 276 g/mol. The molecule has 0 atom stereocenters. The lowest BCUT2D eigenvalue weighted by Crippen LogP contribution is -2.60. The Balaban J connectivity index is 1.81. The van der Waals surface area contributed by atoms with Gasteiger partial charge in [0, 0.05) is 25.5 Å². The number of aliphatic carboxylic acids is 1. The molecule has 0 saturated carbocycles. The third-order valence-corrected chi connectivity index (χ3v) is 4.50. The molecule has 20 heavy (non-hydrogen) atoms. The quantitative estimate of drug-likeness (QED) is 0.941. The highest BCUT2D eigenvalue weighted by Crippen LogP contribution is 2.33. The van der Waals surface area contributed by atoms with Crippen molar-refractivity contribution >= 4 is 23.2 Å². The van der Waals surface area contributed by atoms with Crippen LogP contribution >= 0.6 is 11.3 Å². The van der Waals surface area contributed by atoms with E-state index >= 15 is 0 Å². The summed E-state index contributed by atoms with van der Waals surface area (Å²) in [6, 6.07) is 5.70. The number of carbonyl (C=O) groups is 2. The van der Waals surface area contributed by atoms with E-state index in [2.05, 4.69) is 0 Å². The van der Waals surface area contributed by atoms with Crippen molar-refractivity contribution in [2.24, 2.45) is 5.41 Å². The summed E-state index contributed by atoms with van der Waals surface area (Å²) < 4.78 is 1.89. The van der Waals surface area contributed by atoms with Gasteiger partial charge in [0.05, 0.1) is 5.69 Å². The van der Waals surface area contributed by atoms with E-state index in [9.17, 15) is 9.59 Å². The van der Waals surface area contributed by atoms with Gasteiger partial charge < -0.3 is 14.6 Å². The highest BCUT2D eigenvalue weighted by atomic mass is 32.1. The van der Waals surface area contributed by atoms with E-state index in [0.29, 0.717) is 4.88 Å². The molecule has 1 amide bonds. The molecule has 0 unspecified atom stereocenters. The number of amides is 1. The molecule has 0 bridgehead atoms.